The molecule has 0 aliphatic heterocycles. The lowest BCUT2D eigenvalue weighted by Crippen LogP contribution is -2.45. The van der Waals surface area contributed by atoms with Gasteiger partial charge in [0.05, 0.1) is 15.7 Å². The van der Waals surface area contributed by atoms with Crippen LogP contribution in [0.15, 0.2) is 29.2 Å². The molecule has 3 nitrogen and oxygen atoms in total. The molecule has 7 heteroatoms. The van der Waals surface area contributed by atoms with Gasteiger partial charge in [-0.25, -0.2) is 8.42 Å². The van der Waals surface area contributed by atoms with Crippen LogP contribution in [0.5, 0.6) is 0 Å². The first-order chi connectivity index (χ1) is 9.64. The molecule has 3 unspecified atom stereocenters. The van der Waals surface area contributed by atoms with Gasteiger partial charge >= 0.3 is 6.18 Å². The second-order valence-electron chi connectivity index (χ2n) is 5.66. The van der Waals surface area contributed by atoms with Crippen molar-refractivity contribution < 1.29 is 21.6 Å². The number of nitrogens with two attached hydrogens (primary N) is 1. The van der Waals surface area contributed by atoms with E-state index in [1.165, 1.54) is 12.1 Å². The van der Waals surface area contributed by atoms with Crippen molar-refractivity contribution in [1.82, 2.24) is 0 Å². The molecular weight excluding hydrogens is 303 g/mol. The average molecular weight is 321 g/mol. The Hall–Kier alpha value is -1.08. The van der Waals surface area contributed by atoms with E-state index in [4.69, 9.17) is 5.73 Å². The number of hydrogen-bond donors (Lipinski definition) is 1. The van der Waals surface area contributed by atoms with Gasteiger partial charge in [-0.05, 0) is 37.3 Å². The summed E-state index contributed by atoms with van der Waals surface area (Å²) >= 11 is 0. The second-order valence-corrected chi connectivity index (χ2v) is 7.79. The summed E-state index contributed by atoms with van der Waals surface area (Å²) in [7, 11) is -4.10. The van der Waals surface area contributed by atoms with Gasteiger partial charge in [0.1, 0.15) is 0 Å². The van der Waals surface area contributed by atoms with Gasteiger partial charge in [-0.3, -0.25) is 0 Å². The average Bonchev–Trinajstić information content (AvgIpc) is 2.40. The number of hydrogen-bond acceptors (Lipinski definition) is 3. The van der Waals surface area contributed by atoms with E-state index in [-0.39, 0.29) is 5.92 Å². The molecule has 0 radical (unpaired) electrons. The molecule has 1 aliphatic carbocycles. The van der Waals surface area contributed by atoms with Gasteiger partial charge in [-0.1, -0.05) is 19.1 Å². The van der Waals surface area contributed by atoms with Crippen molar-refractivity contribution in [2.24, 2.45) is 11.7 Å². The molecule has 2 N–H and O–H groups in total. The van der Waals surface area contributed by atoms with Crippen molar-refractivity contribution in [1.29, 1.82) is 0 Å². The number of rotatable bonds is 2. The fourth-order valence-corrected chi connectivity index (χ4v) is 5.08. The predicted octanol–water partition coefficient (Wildman–Crippen LogP) is 3.00. The number of halogens is 3. The molecule has 0 bridgehead atoms. The van der Waals surface area contributed by atoms with Crippen molar-refractivity contribution in [3.63, 3.8) is 0 Å². The molecule has 1 aromatic rings. The van der Waals surface area contributed by atoms with E-state index >= 15 is 0 Å². The molecule has 0 heterocycles. The summed E-state index contributed by atoms with van der Waals surface area (Å²) in [6, 6.07) is 3.69. The first-order valence-corrected chi connectivity index (χ1v) is 8.34. The van der Waals surface area contributed by atoms with E-state index in [0.717, 1.165) is 18.6 Å². The molecular formula is C14H18F3NO2S. The zero-order chi connectivity index (χ0) is 15.8. The number of sulfone groups is 1. The third kappa shape index (κ3) is 3.23. The minimum absolute atomic E-state index is 0.141. The maximum Gasteiger partial charge on any atom is 0.417 e. The maximum atomic E-state index is 13.0. The zero-order valence-electron chi connectivity index (χ0n) is 11.6. The van der Waals surface area contributed by atoms with Crippen LogP contribution in [0.3, 0.4) is 0 Å². The van der Waals surface area contributed by atoms with Crippen molar-refractivity contribution in [3.05, 3.63) is 29.8 Å². The van der Waals surface area contributed by atoms with Gasteiger partial charge in [0, 0.05) is 6.04 Å². The highest BCUT2D eigenvalue weighted by Crippen LogP contribution is 2.38. The smallest absolute Gasteiger partial charge is 0.327 e. The molecule has 1 saturated carbocycles. The number of alkyl halides is 3. The zero-order valence-corrected chi connectivity index (χ0v) is 12.4. The second kappa shape index (κ2) is 5.61. The monoisotopic (exact) mass is 321 g/mol. The minimum Gasteiger partial charge on any atom is -0.327 e. The summed E-state index contributed by atoms with van der Waals surface area (Å²) in [5.74, 6) is 0.141. The topological polar surface area (TPSA) is 60.2 Å². The summed E-state index contributed by atoms with van der Waals surface area (Å²) in [4.78, 5) is -0.660. The van der Waals surface area contributed by atoms with E-state index in [9.17, 15) is 21.6 Å². The molecule has 0 spiro atoms. The van der Waals surface area contributed by atoms with Gasteiger partial charge in [0.2, 0.25) is 0 Å². The highest BCUT2D eigenvalue weighted by atomic mass is 32.2. The molecule has 1 fully saturated rings. The fourth-order valence-electron chi connectivity index (χ4n) is 2.82. The lowest BCUT2D eigenvalue weighted by molar-refractivity contribution is -0.139. The Morgan fingerprint density at radius 1 is 1.19 bits per heavy atom. The summed E-state index contributed by atoms with van der Waals surface area (Å²) in [5.41, 5.74) is 4.75. The molecule has 1 aliphatic rings. The predicted molar refractivity (Wildman–Crippen MR) is 73.4 cm³/mol. The summed E-state index contributed by atoms with van der Waals surface area (Å²) < 4.78 is 64.3. The third-order valence-corrected chi connectivity index (χ3v) is 6.31. The van der Waals surface area contributed by atoms with Crippen molar-refractivity contribution in [3.8, 4) is 0 Å². The largest absolute Gasteiger partial charge is 0.417 e. The molecule has 3 atom stereocenters. The molecule has 0 saturated heterocycles. The van der Waals surface area contributed by atoms with Gasteiger partial charge < -0.3 is 5.73 Å². The van der Waals surface area contributed by atoms with Crippen LogP contribution in [0.4, 0.5) is 13.2 Å². The van der Waals surface area contributed by atoms with Crippen LogP contribution in [0.2, 0.25) is 0 Å². The van der Waals surface area contributed by atoms with E-state index in [1.54, 1.807) is 0 Å². The van der Waals surface area contributed by atoms with E-state index in [1.807, 2.05) is 6.92 Å². The van der Waals surface area contributed by atoms with Crippen LogP contribution in [0.25, 0.3) is 0 Å². The Kier molecular flexibility index (Phi) is 4.35. The third-order valence-electron chi connectivity index (χ3n) is 4.00. The normalized spacial score (nSPS) is 27.6. The quantitative estimate of drug-likeness (QED) is 0.911. The van der Waals surface area contributed by atoms with Gasteiger partial charge in [0.15, 0.2) is 9.84 Å². The summed E-state index contributed by atoms with van der Waals surface area (Å²) in [5, 5.41) is -0.954. The van der Waals surface area contributed by atoms with E-state index < -0.39 is 37.8 Å². The standard InChI is InChI=1S/C14H18F3NO2S/c1-9-6-7-11(18)13(8-9)21(19,20)12-5-3-2-4-10(12)14(15,16)17/h2-5,9,11,13H,6-8,18H2,1H3. The SMILES string of the molecule is CC1CCC(N)C(S(=O)(=O)c2ccccc2C(F)(F)F)C1. The molecule has 21 heavy (non-hydrogen) atoms. The van der Waals surface area contributed by atoms with Crippen molar-refractivity contribution in [2.75, 3.05) is 0 Å². The molecule has 0 aromatic heterocycles. The van der Waals surface area contributed by atoms with E-state index in [0.29, 0.717) is 12.8 Å². The molecule has 2 rings (SSSR count). The van der Waals surface area contributed by atoms with Crippen LogP contribution in [0, 0.1) is 5.92 Å². The maximum absolute atomic E-state index is 13.0. The Bertz CT molecular complexity index is 613. The Balaban J connectivity index is 2.50. The highest BCUT2D eigenvalue weighted by Gasteiger charge is 2.42. The minimum atomic E-state index is -4.70. The summed E-state index contributed by atoms with van der Waals surface area (Å²) in [6.45, 7) is 1.89. The Morgan fingerprint density at radius 2 is 1.81 bits per heavy atom. The highest BCUT2D eigenvalue weighted by molar-refractivity contribution is 7.92. The van der Waals surface area contributed by atoms with Gasteiger partial charge in [-0.15, -0.1) is 0 Å². The van der Waals surface area contributed by atoms with Crippen LogP contribution in [0.1, 0.15) is 31.7 Å². The molecule has 1 aromatic carbocycles. The Morgan fingerprint density at radius 3 is 2.43 bits per heavy atom. The van der Waals surface area contributed by atoms with Crippen LogP contribution < -0.4 is 5.73 Å². The lowest BCUT2D eigenvalue weighted by atomic mass is 9.87. The van der Waals surface area contributed by atoms with Gasteiger partial charge in [0.25, 0.3) is 0 Å². The van der Waals surface area contributed by atoms with Gasteiger partial charge in [-0.2, -0.15) is 13.2 Å². The molecule has 0 amide bonds. The van der Waals surface area contributed by atoms with Crippen molar-refractivity contribution in [2.45, 2.75) is 48.5 Å². The van der Waals surface area contributed by atoms with Crippen LogP contribution in [-0.2, 0) is 16.0 Å². The fraction of sp³-hybridized carbons (Fsp3) is 0.571. The Labute approximate surface area is 122 Å². The number of benzene rings is 1. The van der Waals surface area contributed by atoms with Crippen LogP contribution in [-0.4, -0.2) is 19.7 Å². The summed E-state index contributed by atoms with van der Waals surface area (Å²) in [6.07, 6.45) is -3.09. The van der Waals surface area contributed by atoms with Crippen molar-refractivity contribution >= 4 is 9.84 Å². The first-order valence-electron chi connectivity index (χ1n) is 6.79. The van der Waals surface area contributed by atoms with E-state index in [2.05, 4.69) is 0 Å². The molecule has 118 valence electrons. The lowest BCUT2D eigenvalue weighted by Gasteiger charge is -2.32. The van der Waals surface area contributed by atoms with Crippen LogP contribution >= 0.6 is 0 Å². The first kappa shape index (κ1) is 16.3.